The lowest BCUT2D eigenvalue weighted by molar-refractivity contribution is -0.116. The van der Waals surface area contributed by atoms with Crippen LogP contribution in [0.25, 0.3) is 5.69 Å². The summed E-state index contributed by atoms with van der Waals surface area (Å²) in [6.07, 6.45) is 2.03. The molecule has 3 heterocycles. The number of rotatable bonds is 8. The van der Waals surface area contributed by atoms with E-state index in [4.69, 9.17) is 12.2 Å². The second kappa shape index (κ2) is 11.5. The van der Waals surface area contributed by atoms with E-state index in [1.807, 2.05) is 69.3 Å². The number of benzene rings is 2. The van der Waals surface area contributed by atoms with E-state index in [2.05, 4.69) is 38.1 Å². The highest BCUT2D eigenvalue weighted by Gasteiger charge is 2.41. The van der Waals surface area contributed by atoms with Crippen LogP contribution in [-0.4, -0.2) is 43.1 Å². The molecule has 0 aliphatic carbocycles. The summed E-state index contributed by atoms with van der Waals surface area (Å²) in [6.45, 7) is 8.49. The van der Waals surface area contributed by atoms with E-state index in [-0.39, 0.29) is 30.0 Å². The number of carboxylic acids is 1. The Hall–Kier alpha value is -4.50. The molecule has 2 aromatic carbocycles. The third-order valence-corrected chi connectivity index (χ3v) is 7.96. The maximum atomic E-state index is 13.1. The van der Waals surface area contributed by atoms with E-state index >= 15 is 0 Å². The van der Waals surface area contributed by atoms with Crippen LogP contribution in [0.4, 0.5) is 5.69 Å². The van der Waals surface area contributed by atoms with Gasteiger partial charge in [-0.2, -0.15) is 0 Å². The zero-order valence-corrected chi connectivity index (χ0v) is 24.3. The van der Waals surface area contributed by atoms with E-state index in [1.165, 1.54) is 0 Å². The number of amides is 1. The first-order valence-corrected chi connectivity index (χ1v) is 13.9. The normalized spacial score (nSPS) is 16.5. The number of pyridine rings is 1. The Bertz CT molecular complexity index is 1610. The van der Waals surface area contributed by atoms with Crippen LogP contribution >= 0.6 is 12.2 Å². The van der Waals surface area contributed by atoms with Gasteiger partial charge in [0, 0.05) is 41.9 Å². The third kappa shape index (κ3) is 5.71. The molecule has 2 aromatic heterocycles. The zero-order valence-electron chi connectivity index (χ0n) is 23.5. The van der Waals surface area contributed by atoms with Crippen LogP contribution in [-0.2, 0) is 4.79 Å². The molecule has 0 radical (unpaired) electrons. The van der Waals surface area contributed by atoms with Crippen molar-refractivity contribution < 1.29 is 14.7 Å². The van der Waals surface area contributed by atoms with Crippen molar-refractivity contribution in [3.05, 3.63) is 112 Å². The number of aromatic carboxylic acids is 1. The van der Waals surface area contributed by atoms with Crippen molar-refractivity contribution in [1.82, 2.24) is 19.8 Å². The number of hydrogen-bond acceptors (Lipinski definition) is 4. The second-order valence-corrected chi connectivity index (χ2v) is 10.8. The minimum atomic E-state index is -0.959. The molecule has 9 heteroatoms. The molecule has 1 fully saturated rings. The number of aryl methyl sites for hydroxylation is 3. The van der Waals surface area contributed by atoms with Crippen LogP contribution in [0.15, 0.2) is 72.9 Å². The van der Waals surface area contributed by atoms with Crippen molar-refractivity contribution in [2.24, 2.45) is 0 Å². The number of hydrogen-bond donors (Lipinski definition) is 3. The summed E-state index contributed by atoms with van der Waals surface area (Å²) in [5, 5.41) is 16.4. The van der Waals surface area contributed by atoms with Gasteiger partial charge in [-0.25, -0.2) is 4.79 Å². The molecule has 1 amide bonds. The molecular formula is C32H33N5O3S. The fourth-order valence-corrected chi connectivity index (χ4v) is 5.86. The Balaban J connectivity index is 1.47. The van der Waals surface area contributed by atoms with Gasteiger partial charge in [0.2, 0.25) is 5.91 Å². The van der Waals surface area contributed by atoms with E-state index in [9.17, 15) is 14.7 Å². The number of nitrogens with zero attached hydrogens (tertiary/aromatic N) is 3. The minimum absolute atomic E-state index is 0.0782. The second-order valence-electron chi connectivity index (χ2n) is 10.5. The van der Waals surface area contributed by atoms with Gasteiger partial charge in [0.25, 0.3) is 0 Å². The largest absolute Gasteiger partial charge is 0.478 e. The molecule has 0 spiro atoms. The first-order chi connectivity index (χ1) is 19.6. The number of nitrogens with one attached hydrogen (secondary N) is 2. The molecule has 1 saturated heterocycles. The Kier molecular flexibility index (Phi) is 7.90. The topological polar surface area (TPSA) is 99.5 Å². The highest BCUT2D eigenvalue weighted by Crippen LogP contribution is 2.41. The molecule has 1 aliphatic heterocycles. The molecule has 2 atom stereocenters. The Morgan fingerprint density at radius 3 is 2.46 bits per heavy atom. The molecule has 1 aliphatic rings. The van der Waals surface area contributed by atoms with Crippen LogP contribution in [0.5, 0.6) is 0 Å². The predicted octanol–water partition coefficient (Wildman–Crippen LogP) is 5.81. The number of aromatic nitrogens is 2. The van der Waals surface area contributed by atoms with Crippen LogP contribution < -0.4 is 10.6 Å². The lowest BCUT2D eigenvalue weighted by atomic mass is 9.96. The van der Waals surface area contributed by atoms with Gasteiger partial charge in [-0.05, 0) is 105 Å². The average molecular weight is 568 g/mol. The Morgan fingerprint density at radius 1 is 1.02 bits per heavy atom. The monoisotopic (exact) mass is 567 g/mol. The summed E-state index contributed by atoms with van der Waals surface area (Å²) in [4.78, 5) is 31.1. The highest BCUT2D eigenvalue weighted by atomic mass is 32.1. The maximum absolute atomic E-state index is 13.1. The fourth-order valence-electron chi connectivity index (χ4n) is 5.53. The van der Waals surface area contributed by atoms with Crippen LogP contribution in [0.3, 0.4) is 0 Å². The Labute approximate surface area is 245 Å². The van der Waals surface area contributed by atoms with E-state index < -0.39 is 5.97 Å². The third-order valence-electron chi connectivity index (χ3n) is 7.61. The lowest BCUT2D eigenvalue weighted by Gasteiger charge is -2.28. The van der Waals surface area contributed by atoms with Crippen molar-refractivity contribution in [3.63, 3.8) is 0 Å². The Morgan fingerprint density at radius 2 is 1.78 bits per heavy atom. The van der Waals surface area contributed by atoms with Gasteiger partial charge in [0.05, 0.1) is 23.3 Å². The van der Waals surface area contributed by atoms with Crippen molar-refractivity contribution >= 4 is 34.9 Å². The minimum Gasteiger partial charge on any atom is -0.478 e. The van der Waals surface area contributed by atoms with E-state index in [1.54, 1.807) is 18.3 Å². The summed E-state index contributed by atoms with van der Waals surface area (Å²) in [6, 6.07) is 20.4. The smallest absolute Gasteiger partial charge is 0.335 e. The standard InChI is InChI=1S/C32H33N5O3S/c1-19-8-9-20(2)27(17-19)34-28(38)14-16-36-30(29(35-32(36)41)26-7-5-6-15-33-26)25-18-21(3)37(22(25)4)24-12-10-23(11-13-24)31(39)40/h5-13,15,17-18,29-30H,14,16H2,1-4H3,(H,34,38)(H,35,41)(H,39,40). The predicted molar refractivity (Wildman–Crippen MR) is 164 cm³/mol. The molecule has 41 heavy (non-hydrogen) atoms. The lowest BCUT2D eigenvalue weighted by Crippen LogP contribution is -2.33. The van der Waals surface area contributed by atoms with Crippen molar-refractivity contribution in [3.8, 4) is 5.69 Å². The SMILES string of the molecule is Cc1ccc(C)c(NC(=O)CCN2C(=S)NC(c3ccccn3)C2c2cc(C)n(-c3ccc(C(=O)O)cc3)c2C)c1. The molecular weight excluding hydrogens is 534 g/mol. The zero-order chi connectivity index (χ0) is 29.3. The fraction of sp³-hybridized carbons (Fsp3) is 0.250. The average Bonchev–Trinajstić information content (AvgIpc) is 3.44. The van der Waals surface area contributed by atoms with Gasteiger partial charge in [-0.3, -0.25) is 9.78 Å². The van der Waals surface area contributed by atoms with Crippen LogP contribution in [0.2, 0.25) is 0 Å². The molecule has 210 valence electrons. The molecule has 0 saturated carbocycles. The number of anilines is 1. The summed E-state index contributed by atoms with van der Waals surface area (Å²) >= 11 is 5.82. The number of carboxylic acid groups (broad SMARTS) is 1. The van der Waals surface area contributed by atoms with Crippen LogP contribution in [0.1, 0.15) is 62.6 Å². The summed E-state index contributed by atoms with van der Waals surface area (Å²) in [5.41, 5.74) is 7.96. The van der Waals surface area contributed by atoms with E-state index in [0.29, 0.717) is 11.7 Å². The highest BCUT2D eigenvalue weighted by molar-refractivity contribution is 7.80. The molecule has 8 nitrogen and oxygen atoms in total. The maximum Gasteiger partial charge on any atom is 0.335 e. The number of thiocarbonyl (C=S) groups is 1. The summed E-state index contributed by atoms with van der Waals surface area (Å²) in [7, 11) is 0. The van der Waals surface area contributed by atoms with Gasteiger partial charge in [0.15, 0.2) is 5.11 Å². The molecule has 0 bridgehead atoms. The van der Waals surface area contributed by atoms with Gasteiger partial charge in [-0.15, -0.1) is 0 Å². The van der Waals surface area contributed by atoms with Crippen molar-refractivity contribution in [1.29, 1.82) is 0 Å². The van der Waals surface area contributed by atoms with Gasteiger partial charge >= 0.3 is 5.97 Å². The van der Waals surface area contributed by atoms with E-state index in [0.717, 1.165) is 45.1 Å². The molecule has 2 unspecified atom stereocenters. The summed E-state index contributed by atoms with van der Waals surface area (Å²) < 4.78 is 2.11. The van der Waals surface area contributed by atoms with Gasteiger partial charge in [-0.1, -0.05) is 18.2 Å². The number of carbonyl (C=O) groups is 2. The quantitative estimate of drug-likeness (QED) is 0.231. The van der Waals surface area contributed by atoms with Crippen LogP contribution in [0, 0.1) is 27.7 Å². The first kappa shape index (κ1) is 28.0. The van der Waals surface area contributed by atoms with Crippen molar-refractivity contribution in [2.45, 2.75) is 46.2 Å². The number of carbonyl (C=O) groups excluding carboxylic acids is 1. The summed E-state index contributed by atoms with van der Waals surface area (Å²) in [5.74, 6) is -1.04. The first-order valence-electron chi connectivity index (χ1n) is 13.5. The van der Waals surface area contributed by atoms with Gasteiger partial charge in [0.1, 0.15) is 0 Å². The molecule has 5 rings (SSSR count). The molecule has 4 aromatic rings. The van der Waals surface area contributed by atoms with Gasteiger partial charge < -0.3 is 25.2 Å². The molecule has 3 N–H and O–H groups in total. The van der Waals surface area contributed by atoms with Crippen molar-refractivity contribution in [2.75, 3.05) is 11.9 Å².